The second-order valence-electron chi connectivity index (χ2n) is 2.10. The molecule has 60 valence electrons. The third-order valence-electron chi connectivity index (χ3n) is 0.908. The van der Waals surface area contributed by atoms with E-state index in [0.717, 1.165) is 11.5 Å². The molecular weight excluding hydrogens is 164 g/mol. The van der Waals surface area contributed by atoms with Crippen LogP contribution in [0.5, 0.6) is 5.19 Å². The van der Waals surface area contributed by atoms with Crippen LogP contribution in [-0.4, -0.2) is 21.7 Å². The number of nitrogens with zero attached hydrogens (tertiary/aromatic N) is 2. The van der Waals surface area contributed by atoms with Crippen molar-refractivity contribution >= 4 is 17.3 Å². The first-order valence-corrected chi connectivity index (χ1v) is 3.88. The first-order valence-electron chi connectivity index (χ1n) is 3.11. The van der Waals surface area contributed by atoms with Gasteiger partial charge in [-0.15, -0.1) is 0 Å². The van der Waals surface area contributed by atoms with E-state index in [0.29, 0.717) is 11.0 Å². The molecule has 0 aromatic carbocycles. The van der Waals surface area contributed by atoms with Crippen LogP contribution in [-0.2, 0) is 4.79 Å². The van der Waals surface area contributed by atoms with Crippen LogP contribution in [0.25, 0.3) is 0 Å². The number of rotatable bonds is 3. The Morgan fingerprint density at radius 1 is 1.73 bits per heavy atom. The normalized spacial score (nSPS) is 9.64. The largest absolute Gasteiger partial charge is 0.461 e. The van der Waals surface area contributed by atoms with Gasteiger partial charge in [-0.05, 0) is 13.8 Å². The monoisotopic (exact) mass is 172 g/mol. The molecule has 11 heavy (non-hydrogen) atoms. The van der Waals surface area contributed by atoms with Crippen molar-refractivity contribution in [3.05, 3.63) is 5.82 Å². The number of carbonyl (C=O) groups is 1. The van der Waals surface area contributed by atoms with Gasteiger partial charge in [0.25, 0.3) is 5.19 Å². The topological polar surface area (TPSA) is 52.1 Å². The van der Waals surface area contributed by atoms with Gasteiger partial charge < -0.3 is 4.74 Å². The van der Waals surface area contributed by atoms with Crippen molar-refractivity contribution in [2.24, 2.45) is 0 Å². The van der Waals surface area contributed by atoms with Gasteiger partial charge in [0.15, 0.2) is 5.78 Å². The summed E-state index contributed by atoms with van der Waals surface area (Å²) in [5, 5.41) is 0.456. The van der Waals surface area contributed by atoms with Gasteiger partial charge in [0, 0.05) is 11.5 Å². The van der Waals surface area contributed by atoms with Crippen LogP contribution in [0.4, 0.5) is 0 Å². The van der Waals surface area contributed by atoms with Crippen molar-refractivity contribution in [2.45, 2.75) is 13.8 Å². The number of hydrogen-bond donors (Lipinski definition) is 0. The van der Waals surface area contributed by atoms with Gasteiger partial charge in [-0.3, -0.25) is 4.79 Å². The van der Waals surface area contributed by atoms with Gasteiger partial charge >= 0.3 is 0 Å². The molecule has 0 bridgehead atoms. The summed E-state index contributed by atoms with van der Waals surface area (Å²) in [6.07, 6.45) is 0. The molecule has 0 amide bonds. The maximum Gasteiger partial charge on any atom is 0.293 e. The lowest BCUT2D eigenvalue weighted by molar-refractivity contribution is -0.118. The molecule has 0 radical (unpaired) electrons. The van der Waals surface area contributed by atoms with E-state index in [-0.39, 0.29) is 12.4 Å². The molecule has 1 heterocycles. The number of carbonyl (C=O) groups excluding carboxylic acids is 1. The predicted molar refractivity (Wildman–Crippen MR) is 40.8 cm³/mol. The van der Waals surface area contributed by atoms with Gasteiger partial charge in [0.1, 0.15) is 12.4 Å². The number of hydrogen-bond acceptors (Lipinski definition) is 5. The van der Waals surface area contributed by atoms with E-state index in [4.69, 9.17) is 4.74 Å². The van der Waals surface area contributed by atoms with Crippen molar-refractivity contribution in [2.75, 3.05) is 6.61 Å². The van der Waals surface area contributed by atoms with Crippen LogP contribution < -0.4 is 4.74 Å². The number of ketones is 1. The highest BCUT2D eigenvalue weighted by Crippen LogP contribution is 2.12. The molecule has 5 heteroatoms. The van der Waals surface area contributed by atoms with Crippen molar-refractivity contribution < 1.29 is 9.53 Å². The molecule has 0 aliphatic carbocycles. The van der Waals surface area contributed by atoms with Gasteiger partial charge in [0.2, 0.25) is 0 Å². The Bertz CT molecular complexity index is 259. The summed E-state index contributed by atoms with van der Waals surface area (Å²) in [5.74, 6) is 0.659. The summed E-state index contributed by atoms with van der Waals surface area (Å²) in [5.41, 5.74) is 0. The number of aryl methyl sites for hydroxylation is 1. The van der Waals surface area contributed by atoms with Crippen LogP contribution in [0.3, 0.4) is 0 Å². The Kier molecular flexibility index (Phi) is 2.53. The molecule has 0 fully saturated rings. The second-order valence-corrected chi connectivity index (χ2v) is 2.81. The molecule has 0 unspecified atom stereocenters. The molecule has 1 aromatic rings. The summed E-state index contributed by atoms with van der Waals surface area (Å²) < 4.78 is 8.87. The molecule has 0 saturated heterocycles. The molecule has 0 atom stereocenters. The molecule has 1 rings (SSSR count). The molecule has 0 aliphatic heterocycles. The zero-order chi connectivity index (χ0) is 8.27. The van der Waals surface area contributed by atoms with E-state index in [2.05, 4.69) is 9.36 Å². The summed E-state index contributed by atoms with van der Waals surface area (Å²) in [6, 6.07) is 0. The average Bonchev–Trinajstić information content (AvgIpc) is 2.31. The van der Waals surface area contributed by atoms with Crippen molar-refractivity contribution in [1.29, 1.82) is 0 Å². The summed E-state index contributed by atoms with van der Waals surface area (Å²) in [6.45, 7) is 3.32. The lowest BCUT2D eigenvalue weighted by Crippen LogP contribution is -2.06. The van der Waals surface area contributed by atoms with E-state index in [1.807, 2.05) is 0 Å². The highest BCUT2D eigenvalue weighted by atomic mass is 32.1. The second kappa shape index (κ2) is 3.43. The Balaban J connectivity index is 2.45. The van der Waals surface area contributed by atoms with Crippen LogP contribution in [0.15, 0.2) is 0 Å². The van der Waals surface area contributed by atoms with E-state index < -0.39 is 0 Å². The minimum Gasteiger partial charge on any atom is -0.461 e. The van der Waals surface area contributed by atoms with Gasteiger partial charge in [-0.25, -0.2) is 0 Å². The standard InChI is InChI=1S/C6H8N2O2S/c1-4(9)3-10-6-7-5(2)8-11-6/h3H2,1-2H3. The molecule has 0 saturated carbocycles. The third-order valence-corrected chi connectivity index (χ3v) is 1.63. The maximum absolute atomic E-state index is 10.5. The summed E-state index contributed by atoms with van der Waals surface area (Å²) in [4.78, 5) is 14.4. The van der Waals surface area contributed by atoms with Gasteiger partial charge in [-0.2, -0.15) is 9.36 Å². The Morgan fingerprint density at radius 2 is 2.45 bits per heavy atom. The Morgan fingerprint density at radius 3 is 2.91 bits per heavy atom. The van der Waals surface area contributed by atoms with Crippen LogP contribution in [0.2, 0.25) is 0 Å². The summed E-state index contributed by atoms with van der Waals surface area (Å²) >= 11 is 1.16. The fraction of sp³-hybridized carbons (Fsp3) is 0.500. The van der Waals surface area contributed by atoms with E-state index in [9.17, 15) is 4.79 Å². The fourth-order valence-corrected chi connectivity index (χ4v) is 1.04. The Hall–Kier alpha value is -0.970. The van der Waals surface area contributed by atoms with E-state index in [1.165, 1.54) is 6.92 Å². The lowest BCUT2D eigenvalue weighted by Gasteiger charge is -1.94. The van der Waals surface area contributed by atoms with E-state index >= 15 is 0 Å². The predicted octanol–water partition coefficient (Wildman–Crippen LogP) is 0.814. The fourth-order valence-electron chi connectivity index (χ4n) is 0.500. The van der Waals surface area contributed by atoms with Gasteiger partial charge in [0.05, 0.1) is 0 Å². The zero-order valence-electron chi connectivity index (χ0n) is 6.33. The van der Waals surface area contributed by atoms with Crippen molar-refractivity contribution in [1.82, 2.24) is 9.36 Å². The first kappa shape index (κ1) is 8.13. The van der Waals surface area contributed by atoms with Crippen molar-refractivity contribution in [3.8, 4) is 5.19 Å². The minimum absolute atomic E-state index is 0.0159. The Labute approximate surface area is 68.4 Å². The number of ether oxygens (including phenoxy) is 1. The molecule has 1 aromatic heterocycles. The maximum atomic E-state index is 10.5. The molecule has 0 aliphatic rings. The van der Waals surface area contributed by atoms with E-state index in [1.54, 1.807) is 6.92 Å². The first-order chi connectivity index (χ1) is 5.18. The number of Topliss-reactive ketones (excluding diaryl/α,β-unsaturated/α-hetero) is 1. The smallest absolute Gasteiger partial charge is 0.293 e. The number of aromatic nitrogens is 2. The lowest BCUT2D eigenvalue weighted by atomic mass is 10.5. The summed E-state index contributed by atoms with van der Waals surface area (Å²) in [7, 11) is 0. The van der Waals surface area contributed by atoms with Gasteiger partial charge in [-0.1, -0.05) is 0 Å². The quantitative estimate of drug-likeness (QED) is 0.677. The average molecular weight is 172 g/mol. The van der Waals surface area contributed by atoms with Crippen LogP contribution in [0.1, 0.15) is 12.7 Å². The highest BCUT2D eigenvalue weighted by Gasteiger charge is 2.01. The highest BCUT2D eigenvalue weighted by molar-refractivity contribution is 7.07. The van der Waals surface area contributed by atoms with Crippen LogP contribution in [0, 0.1) is 6.92 Å². The molecule has 4 nitrogen and oxygen atoms in total. The minimum atomic E-state index is -0.0159. The molecule has 0 N–H and O–H groups in total. The molecular formula is C6H8N2O2S. The SMILES string of the molecule is CC(=O)COc1nc(C)ns1. The zero-order valence-corrected chi connectivity index (χ0v) is 7.14. The molecule has 0 spiro atoms. The van der Waals surface area contributed by atoms with Crippen molar-refractivity contribution in [3.63, 3.8) is 0 Å². The van der Waals surface area contributed by atoms with Crippen LogP contribution >= 0.6 is 11.5 Å². The third kappa shape index (κ3) is 2.63.